The molecule has 0 unspecified atom stereocenters. The second kappa shape index (κ2) is 5.71. The topological polar surface area (TPSA) is 55.1 Å². The summed E-state index contributed by atoms with van der Waals surface area (Å²) in [5.41, 5.74) is 6.92. The lowest BCUT2D eigenvalue weighted by atomic mass is 10.2. The van der Waals surface area contributed by atoms with Crippen LogP contribution in [0, 0.1) is 5.82 Å². The third-order valence-electron chi connectivity index (χ3n) is 2.45. The van der Waals surface area contributed by atoms with Crippen molar-refractivity contribution in [2.45, 2.75) is 0 Å². The van der Waals surface area contributed by atoms with Gasteiger partial charge in [-0.15, -0.1) is 0 Å². The van der Waals surface area contributed by atoms with E-state index in [0.717, 1.165) is 0 Å². The second-order valence-electron chi connectivity index (χ2n) is 3.79. The first kappa shape index (κ1) is 14.0. The first-order valence-corrected chi connectivity index (χ1v) is 6.88. The molecule has 98 valence electrons. The van der Waals surface area contributed by atoms with E-state index < -0.39 is 5.82 Å². The van der Waals surface area contributed by atoms with Gasteiger partial charge in [-0.05, 0) is 62.2 Å². The number of hydrogen-bond donors (Lipinski definition) is 2. The maximum Gasteiger partial charge on any atom is 0.256 e. The maximum absolute atomic E-state index is 13.1. The Morgan fingerprint density at radius 3 is 2.68 bits per heavy atom. The molecule has 19 heavy (non-hydrogen) atoms. The number of benzene rings is 2. The minimum absolute atomic E-state index is 0.360. The molecule has 0 radical (unpaired) electrons. The van der Waals surface area contributed by atoms with Gasteiger partial charge in [0.05, 0.1) is 15.7 Å². The van der Waals surface area contributed by atoms with Gasteiger partial charge in [-0.25, -0.2) is 4.39 Å². The molecule has 3 nitrogen and oxygen atoms in total. The van der Waals surface area contributed by atoms with Crippen LogP contribution in [-0.2, 0) is 0 Å². The number of amides is 1. The molecule has 0 spiro atoms. The lowest BCUT2D eigenvalue weighted by molar-refractivity contribution is 0.102. The number of anilines is 2. The Morgan fingerprint density at radius 1 is 1.21 bits per heavy atom. The predicted octanol–water partition coefficient (Wildman–Crippen LogP) is 4.19. The molecule has 0 fully saturated rings. The summed E-state index contributed by atoms with van der Waals surface area (Å²) in [5.74, 6) is -0.796. The van der Waals surface area contributed by atoms with Crippen LogP contribution in [0.15, 0.2) is 45.3 Å². The van der Waals surface area contributed by atoms with E-state index in [2.05, 4.69) is 37.2 Å². The van der Waals surface area contributed by atoms with Crippen molar-refractivity contribution in [2.24, 2.45) is 0 Å². The Morgan fingerprint density at radius 2 is 1.95 bits per heavy atom. The monoisotopic (exact) mass is 386 g/mol. The van der Waals surface area contributed by atoms with E-state index >= 15 is 0 Å². The van der Waals surface area contributed by atoms with Gasteiger partial charge < -0.3 is 11.1 Å². The molecule has 1 amide bonds. The average Bonchev–Trinajstić information content (AvgIpc) is 2.37. The van der Waals surface area contributed by atoms with Gasteiger partial charge in [0.25, 0.3) is 5.91 Å². The zero-order valence-electron chi connectivity index (χ0n) is 9.58. The van der Waals surface area contributed by atoms with E-state index in [1.54, 1.807) is 18.2 Å². The Labute approximate surface area is 126 Å². The fourth-order valence-electron chi connectivity index (χ4n) is 1.51. The number of nitrogens with two attached hydrogens (primary N) is 1. The lowest BCUT2D eigenvalue weighted by Crippen LogP contribution is -2.13. The molecule has 0 aliphatic rings. The van der Waals surface area contributed by atoms with E-state index in [4.69, 9.17) is 5.73 Å². The molecule has 2 aromatic carbocycles. The van der Waals surface area contributed by atoms with Crippen LogP contribution in [0.1, 0.15) is 10.4 Å². The number of carbonyl (C=O) groups is 1. The molecular weight excluding hydrogens is 379 g/mol. The van der Waals surface area contributed by atoms with Gasteiger partial charge in [0.1, 0.15) is 5.82 Å². The quantitative estimate of drug-likeness (QED) is 0.759. The Bertz CT molecular complexity index is 647. The summed E-state index contributed by atoms with van der Waals surface area (Å²) < 4.78 is 14.3. The smallest absolute Gasteiger partial charge is 0.256 e. The normalized spacial score (nSPS) is 10.3. The van der Waals surface area contributed by atoms with Crippen molar-refractivity contribution < 1.29 is 9.18 Å². The molecule has 0 aliphatic heterocycles. The first-order valence-electron chi connectivity index (χ1n) is 5.29. The summed E-state index contributed by atoms with van der Waals surface area (Å²) in [5, 5.41) is 2.62. The van der Waals surface area contributed by atoms with Crippen molar-refractivity contribution in [1.82, 2.24) is 0 Å². The molecule has 0 bridgehead atoms. The van der Waals surface area contributed by atoms with Crippen LogP contribution in [0.25, 0.3) is 0 Å². The molecule has 0 aliphatic carbocycles. The van der Waals surface area contributed by atoms with Crippen LogP contribution < -0.4 is 11.1 Å². The van der Waals surface area contributed by atoms with E-state index in [0.29, 0.717) is 25.9 Å². The van der Waals surface area contributed by atoms with Crippen LogP contribution in [0.4, 0.5) is 15.8 Å². The minimum atomic E-state index is -0.426. The van der Waals surface area contributed by atoms with Gasteiger partial charge >= 0.3 is 0 Å². The largest absolute Gasteiger partial charge is 0.398 e. The maximum atomic E-state index is 13.1. The molecule has 0 atom stereocenters. The third kappa shape index (κ3) is 3.13. The van der Waals surface area contributed by atoms with Gasteiger partial charge in [0, 0.05) is 10.2 Å². The van der Waals surface area contributed by atoms with Crippen molar-refractivity contribution in [3.8, 4) is 0 Å². The molecule has 2 rings (SSSR count). The lowest BCUT2D eigenvalue weighted by Gasteiger charge is -2.09. The fourth-order valence-corrected chi connectivity index (χ4v) is 2.30. The Hall–Kier alpha value is -1.40. The second-order valence-corrected chi connectivity index (χ2v) is 5.43. The summed E-state index contributed by atoms with van der Waals surface area (Å²) in [6.45, 7) is 0. The molecule has 0 aromatic heterocycles. The third-order valence-corrected chi connectivity index (χ3v) is 4.03. The molecule has 0 saturated carbocycles. The molecule has 6 heteroatoms. The number of nitrogen functional groups attached to an aromatic ring is 1. The number of nitrogens with one attached hydrogen (secondary N) is 1. The van der Waals surface area contributed by atoms with Crippen LogP contribution >= 0.6 is 31.9 Å². The summed E-state index contributed by atoms with van der Waals surface area (Å²) in [6, 6.07) is 9.05. The minimum Gasteiger partial charge on any atom is -0.398 e. The van der Waals surface area contributed by atoms with E-state index in [1.165, 1.54) is 18.2 Å². The van der Waals surface area contributed by atoms with Crippen molar-refractivity contribution in [3.05, 3.63) is 56.7 Å². The Balaban J connectivity index is 2.31. The van der Waals surface area contributed by atoms with Crippen molar-refractivity contribution >= 4 is 49.1 Å². The number of carbonyl (C=O) groups excluding carboxylic acids is 1. The zero-order valence-corrected chi connectivity index (χ0v) is 12.8. The molecule has 0 saturated heterocycles. The number of rotatable bonds is 2. The van der Waals surface area contributed by atoms with E-state index in [9.17, 15) is 9.18 Å². The summed E-state index contributed by atoms with van der Waals surface area (Å²) in [7, 11) is 0. The average molecular weight is 388 g/mol. The van der Waals surface area contributed by atoms with Gasteiger partial charge in [-0.1, -0.05) is 6.07 Å². The van der Waals surface area contributed by atoms with Crippen LogP contribution in [-0.4, -0.2) is 5.91 Å². The van der Waals surface area contributed by atoms with Gasteiger partial charge in [0.2, 0.25) is 0 Å². The van der Waals surface area contributed by atoms with Gasteiger partial charge in [0.15, 0.2) is 0 Å². The fraction of sp³-hybridized carbons (Fsp3) is 0. The summed E-state index contributed by atoms with van der Waals surface area (Å²) in [6.07, 6.45) is 0. The molecular formula is C13H9Br2FN2O. The highest BCUT2D eigenvalue weighted by Gasteiger charge is 2.13. The summed E-state index contributed by atoms with van der Waals surface area (Å²) in [4.78, 5) is 12.1. The van der Waals surface area contributed by atoms with Crippen molar-refractivity contribution in [3.63, 3.8) is 0 Å². The highest BCUT2D eigenvalue weighted by molar-refractivity contribution is 9.11. The standard InChI is InChI=1S/C13H9Br2FN2O/c14-9-5-4-7(16)6-11(9)18-13(19)8-2-1-3-10(17)12(8)15/h1-6H,17H2,(H,18,19). The van der Waals surface area contributed by atoms with Crippen LogP contribution in [0.3, 0.4) is 0 Å². The number of hydrogen-bond acceptors (Lipinski definition) is 2. The van der Waals surface area contributed by atoms with Crippen molar-refractivity contribution in [1.29, 1.82) is 0 Å². The first-order chi connectivity index (χ1) is 8.99. The zero-order chi connectivity index (χ0) is 14.0. The van der Waals surface area contributed by atoms with Gasteiger partial charge in [-0.3, -0.25) is 4.79 Å². The van der Waals surface area contributed by atoms with Crippen molar-refractivity contribution in [2.75, 3.05) is 11.1 Å². The molecule has 3 N–H and O–H groups in total. The number of halogens is 3. The molecule has 0 heterocycles. The van der Waals surface area contributed by atoms with E-state index in [-0.39, 0.29) is 5.91 Å². The van der Waals surface area contributed by atoms with Gasteiger partial charge in [-0.2, -0.15) is 0 Å². The van der Waals surface area contributed by atoms with Crippen LogP contribution in [0.5, 0.6) is 0 Å². The van der Waals surface area contributed by atoms with Crippen LogP contribution in [0.2, 0.25) is 0 Å². The molecule has 2 aromatic rings. The SMILES string of the molecule is Nc1cccc(C(=O)Nc2cc(F)ccc2Br)c1Br. The Kier molecular flexibility index (Phi) is 4.21. The van der Waals surface area contributed by atoms with E-state index in [1.807, 2.05) is 0 Å². The highest BCUT2D eigenvalue weighted by Crippen LogP contribution is 2.27. The predicted molar refractivity (Wildman–Crippen MR) is 80.6 cm³/mol. The summed E-state index contributed by atoms with van der Waals surface area (Å²) >= 11 is 6.50. The highest BCUT2D eigenvalue weighted by atomic mass is 79.9.